The van der Waals surface area contributed by atoms with Crippen LogP contribution in [0.5, 0.6) is 0 Å². The first-order valence-electron chi connectivity index (χ1n) is 6.18. The molecule has 0 amide bonds. The summed E-state index contributed by atoms with van der Waals surface area (Å²) < 4.78 is 0. The highest BCUT2D eigenvalue weighted by Crippen LogP contribution is 2.04. The SMILES string of the molecule is CC.CCC.CO[N+](=O)C(C)/C=C\C(Cl)=C/CO. The van der Waals surface area contributed by atoms with Crippen molar-refractivity contribution >= 4 is 11.6 Å². The molecule has 0 fully saturated rings. The van der Waals surface area contributed by atoms with Gasteiger partial charge in [0, 0.05) is 12.0 Å². The van der Waals surface area contributed by atoms with Gasteiger partial charge in [-0.3, -0.25) is 0 Å². The third-order valence-electron chi connectivity index (χ3n) is 1.33. The van der Waals surface area contributed by atoms with E-state index in [-0.39, 0.29) is 6.61 Å². The third-order valence-corrected chi connectivity index (χ3v) is 1.61. The Morgan fingerprint density at radius 3 is 2.22 bits per heavy atom. The van der Waals surface area contributed by atoms with E-state index in [2.05, 4.69) is 18.7 Å². The highest BCUT2D eigenvalue weighted by molar-refractivity contribution is 6.31. The molecule has 0 radical (unpaired) electrons. The summed E-state index contributed by atoms with van der Waals surface area (Å²) in [6, 6.07) is -0.411. The molecule has 4 nitrogen and oxygen atoms in total. The Morgan fingerprint density at radius 2 is 1.89 bits per heavy atom. The Balaban J connectivity index is -0.000000389. The lowest BCUT2D eigenvalue weighted by molar-refractivity contribution is -0.811. The number of rotatable bonds is 5. The molecule has 0 aliphatic rings. The number of hydrogen-bond acceptors (Lipinski definition) is 3. The van der Waals surface area contributed by atoms with Crippen molar-refractivity contribution in [2.45, 2.75) is 47.1 Å². The number of hydrogen-bond donors (Lipinski definition) is 1. The summed E-state index contributed by atoms with van der Waals surface area (Å²) in [7, 11) is 1.29. The maximum Gasteiger partial charge on any atom is 0.273 e. The van der Waals surface area contributed by atoms with Crippen molar-refractivity contribution in [2.24, 2.45) is 0 Å². The van der Waals surface area contributed by atoms with Crippen molar-refractivity contribution in [3.8, 4) is 0 Å². The predicted octanol–water partition coefficient (Wildman–Crippen LogP) is 3.83. The van der Waals surface area contributed by atoms with Crippen molar-refractivity contribution in [3.05, 3.63) is 28.2 Å². The van der Waals surface area contributed by atoms with E-state index in [0.717, 1.165) is 0 Å². The Labute approximate surface area is 116 Å². The summed E-state index contributed by atoms with van der Waals surface area (Å²) >= 11 is 5.63. The van der Waals surface area contributed by atoms with Crippen molar-refractivity contribution in [2.75, 3.05) is 13.7 Å². The molecule has 0 aliphatic carbocycles. The lowest BCUT2D eigenvalue weighted by Crippen LogP contribution is -2.16. The first-order valence-corrected chi connectivity index (χ1v) is 6.56. The molecule has 0 heterocycles. The third kappa shape index (κ3) is 17.5. The molecule has 5 heteroatoms. The molecule has 0 spiro atoms. The fraction of sp³-hybridized carbons (Fsp3) is 0.692. The van der Waals surface area contributed by atoms with Crippen LogP contribution in [0.2, 0.25) is 0 Å². The molecular weight excluding hydrogens is 254 g/mol. The summed E-state index contributed by atoms with van der Waals surface area (Å²) in [5, 5.41) is 8.85. The van der Waals surface area contributed by atoms with E-state index in [4.69, 9.17) is 16.7 Å². The summed E-state index contributed by atoms with van der Waals surface area (Å²) in [6.45, 7) is 9.79. The standard InChI is InChI=1S/C8H13ClNO3.C3H8.C2H6/c1-7(10(12)13-2)3-4-8(9)5-6-11;1-3-2;1-2/h3-5,7,11H,6H2,1-2H3;3H2,1-2H3;1-2H3/q+1;;/b4-3-,8-5+;;. The molecule has 0 aromatic carbocycles. The van der Waals surface area contributed by atoms with Crippen LogP contribution in [0.4, 0.5) is 0 Å². The molecule has 1 atom stereocenters. The predicted molar refractivity (Wildman–Crippen MR) is 77.6 cm³/mol. The quantitative estimate of drug-likeness (QED) is 0.615. The van der Waals surface area contributed by atoms with Gasteiger partial charge in [-0.05, 0) is 18.2 Å². The van der Waals surface area contributed by atoms with Gasteiger partial charge in [-0.25, -0.2) is 4.84 Å². The number of aliphatic hydroxyl groups is 1. The van der Waals surface area contributed by atoms with E-state index < -0.39 is 6.04 Å². The average Bonchev–Trinajstić information content (AvgIpc) is 2.38. The Kier molecular flexibility index (Phi) is 22.9. The molecule has 0 saturated carbocycles. The van der Waals surface area contributed by atoms with Gasteiger partial charge >= 0.3 is 0 Å². The zero-order valence-corrected chi connectivity index (χ0v) is 13.1. The summed E-state index contributed by atoms with van der Waals surface area (Å²) in [4.78, 5) is 15.7. The molecule has 1 unspecified atom stereocenters. The van der Waals surface area contributed by atoms with Crippen LogP contribution in [0.15, 0.2) is 23.3 Å². The van der Waals surface area contributed by atoms with Crippen LogP contribution in [-0.4, -0.2) is 29.8 Å². The molecule has 18 heavy (non-hydrogen) atoms. The second-order valence-electron chi connectivity index (χ2n) is 3.05. The van der Waals surface area contributed by atoms with E-state index in [1.807, 2.05) is 13.8 Å². The minimum atomic E-state index is -0.411. The molecule has 0 saturated heterocycles. The van der Waals surface area contributed by atoms with Crippen molar-refractivity contribution in [1.29, 1.82) is 0 Å². The minimum Gasteiger partial charge on any atom is -0.392 e. The van der Waals surface area contributed by atoms with Crippen molar-refractivity contribution in [3.63, 3.8) is 0 Å². The van der Waals surface area contributed by atoms with Crippen LogP contribution in [0, 0.1) is 4.91 Å². The van der Waals surface area contributed by atoms with Gasteiger partial charge in [0.1, 0.15) is 0 Å². The van der Waals surface area contributed by atoms with Gasteiger partial charge in [0.05, 0.1) is 11.5 Å². The van der Waals surface area contributed by atoms with Crippen LogP contribution in [-0.2, 0) is 4.84 Å². The fourth-order valence-electron chi connectivity index (χ4n) is 0.623. The van der Waals surface area contributed by atoms with Gasteiger partial charge in [-0.1, -0.05) is 45.7 Å². The molecule has 0 aromatic rings. The summed E-state index contributed by atoms with van der Waals surface area (Å²) in [5.74, 6) is 0. The largest absolute Gasteiger partial charge is 0.392 e. The lowest BCUT2D eigenvalue weighted by Gasteiger charge is -1.92. The van der Waals surface area contributed by atoms with Crippen LogP contribution >= 0.6 is 11.6 Å². The number of aliphatic hydroxyl groups excluding tert-OH is 1. The van der Waals surface area contributed by atoms with Crippen LogP contribution in [0.1, 0.15) is 41.0 Å². The monoisotopic (exact) mass is 280 g/mol. The van der Waals surface area contributed by atoms with Crippen LogP contribution in [0.3, 0.4) is 0 Å². The molecule has 108 valence electrons. The van der Waals surface area contributed by atoms with E-state index in [1.165, 1.54) is 25.7 Å². The zero-order valence-electron chi connectivity index (χ0n) is 12.3. The van der Waals surface area contributed by atoms with Crippen LogP contribution < -0.4 is 0 Å². The minimum absolute atomic E-state index is 0.122. The van der Waals surface area contributed by atoms with E-state index in [0.29, 0.717) is 9.96 Å². The summed E-state index contributed by atoms with van der Waals surface area (Å²) in [5.41, 5.74) is 0. The number of allylic oxidation sites excluding steroid dienone is 2. The highest BCUT2D eigenvalue weighted by atomic mass is 35.5. The highest BCUT2D eigenvalue weighted by Gasteiger charge is 2.16. The Bertz CT molecular complexity index is 240. The van der Waals surface area contributed by atoms with Gasteiger partial charge in [0.25, 0.3) is 6.04 Å². The first kappa shape index (κ1) is 22.3. The van der Waals surface area contributed by atoms with Crippen molar-refractivity contribution in [1.82, 2.24) is 0 Å². The fourth-order valence-corrected chi connectivity index (χ4v) is 0.765. The van der Waals surface area contributed by atoms with Crippen molar-refractivity contribution < 1.29 is 14.9 Å². The molecule has 1 N–H and O–H groups in total. The van der Waals surface area contributed by atoms with Gasteiger partial charge < -0.3 is 5.11 Å². The topological polar surface area (TPSA) is 49.5 Å². The van der Waals surface area contributed by atoms with Gasteiger partial charge in [-0.2, -0.15) is 0 Å². The smallest absolute Gasteiger partial charge is 0.273 e. The molecule has 0 aliphatic heterocycles. The Hall–Kier alpha value is -0.870. The molecular formula is C13H27ClNO3+. The average molecular weight is 281 g/mol. The maximum atomic E-state index is 10.8. The number of halogens is 1. The van der Waals surface area contributed by atoms with Gasteiger partial charge in [0.15, 0.2) is 7.11 Å². The normalized spacial score (nSPS) is 11.9. The van der Waals surface area contributed by atoms with E-state index in [1.54, 1.807) is 13.0 Å². The second-order valence-corrected chi connectivity index (χ2v) is 3.48. The van der Waals surface area contributed by atoms with Gasteiger partial charge in [-0.15, -0.1) is 0 Å². The molecule has 0 bridgehead atoms. The number of nitrogens with zero attached hydrogens (tertiary/aromatic N) is 1. The van der Waals surface area contributed by atoms with E-state index in [9.17, 15) is 4.91 Å². The first-order chi connectivity index (χ1) is 8.53. The maximum absolute atomic E-state index is 10.8. The zero-order chi connectivity index (χ0) is 15.0. The van der Waals surface area contributed by atoms with Gasteiger partial charge in [0.2, 0.25) is 4.92 Å². The molecule has 0 rings (SSSR count). The van der Waals surface area contributed by atoms with E-state index >= 15 is 0 Å². The second kappa shape index (κ2) is 18.5. The summed E-state index contributed by atoms with van der Waals surface area (Å²) in [6.07, 6.45) is 5.78. The molecule has 0 aromatic heterocycles. The lowest BCUT2D eigenvalue weighted by atomic mass is 10.3. The Morgan fingerprint density at radius 1 is 1.44 bits per heavy atom. The van der Waals surface area contributed by atoms with Crippen LogP contribution in [0.25, 0.3) is 0 Å².